The maximum atomic E-state index is 13.6. The smallest absolute Gasteiger partial charge is 0.128 e. The van der Waals surface area contributed by atoms with E-state index in [1.54, 1.807) is 0 Å². The molecule has 0 unspecified atom stereocenters. The number of pyridine rings is 1. The van der Waals surface area contributed by atoms with Gasteiger partial charge in [0.05, 0.1) is 5.52 Å². The summed E-state index contributed by atoms with van der Waals surface area (Å²) < 4.78 is 26.8. The van der Waals surface area contributed by atoms with Gasteiger partial charge in [-0.15, -0.1) is 0 Å². The molecule has 0 spiro atoms. The summed E-state index contributed by atoms with van der Waals surface area (Å²) in [5, 5.41) is 4.12. The van der Waals surface area contributed by atoms with Crippen LogP contribution in [0.1, 0.15) is 11.3 Å². The number of aromatic nitrogens is 1. The van der Waals surface area contributed by atoms with Crippen LogP contribution in [-0.4, -0.2) is 4.98 Å². The summed E-state index contributed by atoms with van der Waals surface area (Å²) in [4.78, 5) is 4.45. The third kappa shape index (κ3) is 2.84. The molecule has 21 heavy (non-hydrogen) atoms. The highest BCUT2D eigenvalue weighted by Crippen LogP contribution is 2.23. The van der Waals surface area contributed by atoms with E-state index in [1.165, 1.54) is 6.07 Å². The molecule has 3 aromatic rings. The van der Waals surface area contributed by atoms with Gasteiger partial charge in [0, 0.05) is 28.9 Å². The Balaban J connectivity index is 1.93. The number of benzene rings is 2. The first-order valence-corrected chi connectivity index (χ1v) is 6.68. The SMILES string of the molecule is Cc1cc(NCc2cc(F)ccc2F)c2ccccc2n1. The van der Waals surface area contributed by atoms with Crippen LogP contribution in [0.3, 0.4) is 0 Å². The van der Waals surface area contributed by atoms with E-state index in [4.69, 9.17) is 0 Å². The van der Waals surface area contributed by atoms with E-state index < -0.39 is 11.6 Å². The van der Waals surface area contributed by atoms with Crippen molar-refractivity contribution < 1.29 is 8.78 Å². The summed E-state index contributed by atoms with van der Waals surface area (Å²) in [6.45, 7) is 2.12. The van der Waals surface area contributed by atoms with Crippen molar-refractivity contribution in [2.24, 2.45) is 0 Å². The molecule has 1 aromatic heterocycles. The molecule has 0 radical (unpaired) electrons. The fourth-order valence-electron chi connectivity index (χ4n) is 2.32. The minimum Gasteiger partial charge on any atom is -0.380 e. The molecule has 0 saturated heterocycles. The molecule has 0 bridgehead atoms. The first-order valence-electron chi connectivity index (χ1n) is 6.68. The number of para-hydroxylation sites is 1. The van der Waals surface area contributed by atoms with Crippen molar-refractivity contribution >= 4 is 16.6 Å². The quantitative estimate of drug-likeness (QED) is 0.769. The van der Waals surface area contributed by atoms with Crippen LogP contribution >= 0.6 is 0 Å². The van der Waals surface area contributed by atoms with Gasteiger partial charge in [0.1, 0.15) is 11.6 Å². The van der Waals surface area contributed by atoms with Gasteiger partial charge in [0.25, 0.3) is 0 Å². The van der Waals surface area contributed by atoms with E-state index in [0.29, 0.717) is 5.56 Å². The Morgan fingerprint density at radius 1 is 1.05 bits per heavy atom. The number of halogens is 2. The molecule has 2 aromatic carbocycles. The first-order chi connectivity index (χ1) is 10.1. The Hall–Kier alpha value is -2.49. The molecule has 1 N–H and O–H groups in total. The van der Waals surface area contributed by atoms with Crippen LogP contribution in [0.2, 0.25) is 0 Å². The van der Waals surface area contributed by atoms with Gasteiger partial charge in [-0.2, -0.15) is 0 Å². The third-order valence-corrected chi connectivity index (χ3v) is 3.32. The molecule has 2 nitrogen and oxygen atoms in total. The number of nitrogens with one attached hydrogen (secondary N) is 1. The second-order valence-electron chi connectivity index (χ2n) is 4.92. The Bertz CT molecular complexity index is 800. The fourth-order valence-corrected chi connectivity index (χ4v) is 2.32. The van der Waals surface area contributed by atoms with Gasteiger partial charge >= 0.3 is 0 Å². The summed E-state index contributed by atoms with van der Waals surface area (Å²) in [6.07, 6.45) is 0. The molecule has 4 heteroatoms. The zero-order valence-corrected chi connectivity index (χ0v) is 11.5. The van der Waals surface area contributed by atoms with Gasteiger partial charge in [0.15, 0.2) is 0 Å². The monoisotopic (exact) mass is 284 g/mol. The van der Waals surface area contributed by atoms with Crippen molar-refractivity contribution in [2.45, 2.75) is 13.5 Å². The normalized spacial score (nSPS) is 10.8. The summed E-state index contributed by atoms with van der Waals surface area (Å²) >= 11 is 0. The second kappa shape index (κ2) is 5.48. The topological polar surface area (TPSA) is 24.9 Å². The number of hydrogen-bond acceptors (Lipinski definition) is 2. The molecule has 106 valence electrons. The predicted octanol–water partition coefficient (Wildman–Crippen LogP) is 4.43. The Morgan fingerprint density at radius 2 is 1.86 bits per heavy atom. The van der Waals surface area contributed by atoms with E-state index in [1.807, 2.05) is 37.3 Å². The maximum absolute atomic E-state index is 13.6. The molecule has 0 amide bonds. The predicted molar refractivity (Wildman–Crippen MR) is 80.2 cm³/mol. The van der Waals surface area contributed by atoms with Crippen LogP contribution < -0.4 is 5.32 Å². The van der Waals surface area contributed by atoms with Gasteiger partial charge in [0.2, 0.25) is 0 Å². The number of hydrogen-bond donors (Lipinski definition) is 1. The number of rotatable bonds is 3. The molecule has 1 heterocycles. The number of nitrogens with zero attached hydrogens (tertiary/aromatic N) is 1. The standard InChI is InChI=1S/C17H14F2N2/c1-11-8-17(14-4-2-3-5-16(14)21-11)20-10-12-9-13(18)6-7-15(12)19/h2-9H,10H2,1H3,(H,20,21). The van der Waals surface area contributed by atoms with Crippen molar-refractivity contribution in [3.8, 4) is 0 Å². The van der Waals surface area contributed by atoms with Crippen LogP contribution in [0.4, 0.5) is 14.5 Å². The largest absolute Gasteiger partial charge is 0.380 e. The lowest BCUT2D eigenvalue weighted by atomic mass is 10.1. The van der Waals surface area contributed by atoms with Crippen LogP contribution in [0.15, 0.2) is 48.5 Å². The fraction of sp³-hybridized carbons (Fsp3) is 0.118. The van der Waals surface area contributed by atoms with Crippen LogP contribution in [0.5, 0.6) is 0 Å². The van der Waals surface area contributed by atoms with Gasteiger partial charge < -0.3 is 5.32 Å². The third-order valence-electron chi connectivity index (χ3n) is 3.32. The van der Waals surface area contributed by atoms with Crippen molar-refractivity contribution in [3.63, 3.8) is 0 Å². The van der Waals surface area contributed by atoms with Crippen molar-refractivity contribution in [1.82, 2.24) is 4.98 Å². The molecular weight excluding hydrogens is 270 g/mol. The van der Waals surface area contributed by atoms with E-state index in [9.17, 15) is 8.78 Å². The van der Waals surface area contributed by atoms with E-state index in [-0.39, 0.29) is 6.54 Å². The molecule has 0 atom stereocenters. The number of aryl methyl sites for hydroxylation is 1. The van der Waals surface area contributed by atoms with Gasteiger partial charge in [-0.3, -0.25) is 4.98 Å². The zero-order chi connectivity index (χ0) is 14.8. The van der Waals surface area contributed by atoms with Gasteiger partial charge in [-0.05, 0) is 37.3 Å². The van der Waals surface area contributed by atoms with E-state index >= 15 is 0 Å². The highest BCUT2D eigenvalue weighted by Gasteiger charge is 2.06. The highest BCUT2D eigenvalue weighted by molar-refractivity contribution is 5.91. The average molecular weight is 284 g/mol. The highest BCUT2D eigenvalue weighted by atomic mass is 19.1. The Kier molecular flexibility index (Phi) is 3.52. The number of anilines is 1. The maximum Gasteiger partial charge on any atom is 0.128 e. The second-order valence-corrected chi connectivity index (χ2v) is 4.92. The zero-order valence-electron chi connectivity index (χ0n) is 11.5. The lowest BCUT2D eigenvalue weighted by molar-refractivity contribution is 0.587. The van der Waals surface area contributed by atoms with E-state index in [2.05, 4.69) is 10.3 Å². The Morgan fingerprint density at radius 3 is 2.71 bits per heavy atom. The van der Waals surface area contributed by atoms with Gasteiger partial charge in [-0.1, -0.05) is 18.2 Å². The van der Waals surface area contributed by atoms with Crippen molar-refractivity contribution in [2.75, 3.05) is 5.32 Å². The molecular formula is C17H14F2N2. The summed E-state index contributed by atoms with van der Waals surface area (Å²) in [6, 6.07) is 13.1. The summed E-state index contributed by atoms with van der Waals surface area (Å²) in [5.41, 5.74) is 2.91. The van der Waals surface area contributed by atoms with Crippen molar-refractivity contribution in [1.29, 1.82) is 0 Å². The van der Waals surface area contributed by atoms with E-state index in [0.717, 1.165) is 34.4 Å². The van der Waals surface area contributed by atoms with Crippen LogP contribution in [0.25, 0.3) is 10.9 Å². The van der Waals surface area contributed by atoms with Gasteiger partial charge in [-0.25, -0.2) is 8.78 Å². The molecule has 0 aliphatic carbocycles. The average Bonchev–Trinajstić information content (AvgIpc) is 2.47. The summed E-state index contributed by atoms with van der Waals surface area (Å²) in [7, 11) is 0. The molecule has 0 saturated carbocycles. The molecule has 3 rings (SSSR count). The van der Waals surface area contributed by atoms with Crippen LogP contribution in [-0.2, 0) is 6.54 Å². The first kappa shape index (κ1) is 13.5. The molecule has 0 fully saturated rings. The Labute approximate surface area is 121 Å². The lowest BCUT2D eigenvalue weighted by Gasteiger charge is -2.11. The minimum atomic E-state index is -0.441. The summed E-state index contributed by atoms with van der Waals surface area (Å²) in [5.74, 6) is -0.858. The number of fused-ring (bicyclic) bond motifs is 1. The van der Waals surface area contributed by atoms with Crippen molar-refractivity contribution in [3.05, 3.63) is 71.4 Å². The molecule has 0 aliphatic rings. The lowest BCUT2D eigenvalue weighted by Crippen LogP contribution is -2.03. The minimum absolute atomic E-state index is 0.219. The molecule has 0 aliphatic heterocycles. The van der Waals surface area contributed by atoms with Crippen LogP contribution in [0, 0.1) is 18.6 Å².